The van der Waals surface area contributed by atoms with Gasteiger partial charge in [0.05, 0.1) is 10.6 Å². The predicted octanol–water partition coefficient (Wildman–Crippen LogP) is 3.49. The average molecular weight is 423 g/mol. The SMILES string of the molecule is CCS(=O)(=O)c1nc(S(=O)(=O)c2ccc(Cl)cc2)c(NCC(C)C)s1. The maximum Gasteiger partial charge on any atom is 0.226 e. The summed E-state index contributed by atoms with van der Waals surface area (Å²) < 4.78 is 49.9. The van der Waals surface area contributed by atoms with Crippen molar-refractivity contribution in [3.05, 3.63) is 29.3 Å². The van der Waals surface area contributed by atoms with E-state index < -0.39 is 19.7 Å². The number of sulfone groups is 2. The lowest BCUT2D eigenvalue weighted by Gasteiger charge is -2.09. The van der Waals surface area contributed by atoms with Gasteiger partial charge in [-0.3, -0.25) is 0 Å². The molecule has 138 valence electrons. The van der Waals surface area contributed by atoms with Crippen LogP contribution in [-0.4, -0.2) is 34.1 Å². The van der Waals surface area contributed by atoms with Crippen molar-refractivity contribution in [2.45, 2.75) is 35.0 Å². The quantitative estimate of drug-likeness (QED) is 0.734. The second-order valence-corrected chi connectivity index (χ2v) is 11.5. The third-order valence-electron chi connectivity index (χ3n) is 3.27. The molecule has 1 aromatic heterocycles. The summed E-state index contributed by atoms with van der Waals surface area (Å²) in [5, 5.41) is 3.37. The van der Waals surface area contributed by atoms with Crippen molar-refractivity contribution in [3.8, 4) is 0 Å². The zero-order valence-electron chi connectivity index (χ0n) is 14.0. The molecule has 0 saturated heterocycles. The van der Waals surface area contributed by atoms with Crippen LogP contribution in [0.15, 0.2) is 38.5 Å². The van der Waals surface area contributed by atoms with E-state index >= 15 is 0 Å². The lowest BCUT2D eigenvalue weighted by molar-refractivity contribution is 0.589. The van der Waals surface area contributed by atoms with Gasteiger partial charge in [0.1, 0.15) is 5.00 Å². The van der Waals surface area contributed by atoms with Gasteiger partial charge in [0, 0.05) is 11.6 Å². The summed E-state index contributed by atoms with van der Waals surface area (Å²) in [5.41, 5.74) is 0. The van der Waals surface area contributed by atoms with Gasteiger partial charge < -0.3 is 5.32 Å². The van der Waals surface area contributed by atoms with Crippen LogP contribution in [0.4, 0.5) is 5.00 Å². The normalized spacial score (nSPS) is 12.5. The van der Waals surface area contributed by atoms with Crippen molar-refractivity contribution in [1.29, 1.82) is 0 Å². The van der Waals surface area contributed by atoms with Crippen molar-refractivity contribution in [1.82, 2.24) is 4.98 Å². The number of aromatic nitrogens is 1. The largest absolute Gasteiger partial charge is 0.374 e. The number of benzene rings is 1. The molecule has 0 fully saturated rings. The van der Waals surface area contributed by atoms with E-state index in [0.717, 1.165) is 11.3 Å². The molecule has 0 atom stereocenters. The molecule has 0 aliphatic rings. The molecule has 0 aliphatic carbocycles. The minimum Gasteiger partial charge on any atom is -0.374 e. The van der Waals surface area contributed by atoms with E-state index in [1.807, 2.05) is 13.8 Å². The highest BCUT2D eigenvalue weighted by Crippen LogP contribution is 2.35. The van der Waals surface area contributed by atoms with Gasteiger partial charge >= 0.3 is 0 Å². The molecule has 2 rings (SSSR count). The number of nitrogens with zero attached hydrogens (tertiary/aromatic N) is 1. The van der Waals surface area contributed by atoms with E-state index in [0.29, 0.717) is 11.6 Å². The highest BCUT2D eigenvalue weighted by atomic mass is 35.5. The van der Waals surface area contributed by atoms with Crippen molar-refractivity contribution in [3.63, 3.8) is 0 Å². The third-order valence-corrected chi connectivity index (χ3v) is 8.55. The van der Waals surface area contributed by atoms with Gasteiger partial charge in [-0.2, -0.15) is 0 Å². The van der Waals surface area contributed by atoms with Crippen molar-refractivity contribution >= 4 is 47.6 Å². The second kappa shape index (κ2) is 7.61. The first-order valence-electron chi connectivity index (χ1n) is 7.56. The van der Waals surface area contributed by atoms with Crippen LogP contribution in [0.1, 0.15) is 20.8 Å². The molecule has 2 aromatic rings. The highest BCUT2D eigenvalue weighted by Gasteiger charge is 2.30. The Morgan fingerprint density at radius 3 is 2.28 bits per heavy atom. The zero-order chi connectivity index (χ0) is 18.8. The standard InChI is InChI=1S/C15H19ClN2O4S3/c1-4-24(19,20)15-18-14(13(23-15)17-9-10(2)3)25(21,22)12-7-5-11(16)6-8-12/h5-8,10,17H,4,9H2,1-3H3. The summed E-state index contributed by atoms with van der Waals surface area (Å²) in [6.07, 6.45) is 0. The number of nitrogens with one attached hydrogen (secondary N) is 1. The van der Waals surface area contributed by atoms with Crippen LogP contribution in [0, 0.1) is 5.92 Å². The van der Waals surface area contributed by atoms with Crippen LogP contribution in [0.3, 0.4) is 0 Å². The van der Waals surface area contributed by atoms with Crippen LogP contribution in [-0.2, 0) is 19.7 Å². The summed E-state index contributed by atoms with van der Waals surface area (Å²) in [6, 6.07) is 5.67. The molecule has 0 amide bonds. The molecule has 0 saturated carbocycles. The van der Waals surface area contributed by atoms with Crippen LogP contribution in [0.2, 0.25) is 5.02 Å². The number of halogens is 1. The van der Waals surface area contributed by atoms with Gasteiger partial charge in [0.15, 0.2) is 5.03 Å². The third kappa shape index (κ3) is 4.52. The van der Waals surface area contributed by atoms with E-state index in [4.69, 9.17) is 11.6 Å². The summed E-state index contributed by atoms with van der Waals surface area (Å²) in [4.78, 5) is 3.96. The number of rotatable bonds is 7. The molecule has 1 aromatic carbocycles. The Hall–Kier alpha value is -1.16. The van der Waals surface area contributed by atoms with Gasteiger partial charge in [-0.25, -0.2) is 21.8 Å². The lowest BCUT2D eigenvalue weighted by atomic mass is 10.2. The van der Waals surface area contributed by atoms with Crippen molar-refractivity contribution in [2.75, 3.05) is 17.6 Å². The Labute approximate surface area is 157 Å². The van der Waals surface area contributed by atoms with Gasteiger partial charge in [0.2, 0.25) is 24.0 Å². The van der Waals surface area contributed by atoms with Crippen LogP contribution >= 0.6 is 22.9 Å². The van der Waals surface area contributed by atoms with E-state index in [-0.39, 0.29) is 30.9 Å². The van der Waals surface area contributed by atoms with Crippen LogP contribution < -0.4 is 5.32 Å². The molecule has 0 radical (unpaired) electrons. The second-order valence-electron chi connectivity index (χ2n) is 5.75. The fourth-order valence-corrected chi connectivity index (χ4v) is 5.99. The van der Waals surface area contributed by atoms with E-state index in [1.54, 1.807) is 0 Å². The monoisotopic (exact) mass is 422 g/mol. The molecule has 25 heavy (non-hydrogen) atoms. The first-order chi connectivity index (χ1) is 11.6. The Kier molecular flexibility index (Phi) is 6.13. The Morgan fingerprint density at radius 2 is 1.76 bits per heavy atom. The van der Waals surface area contributed by atoms with Crippen LogP contribution in [0.5, 0.6) is 0 Å². The van der Waals surface area contributed by atoms with Gasteiger partial charge in [-0.1, -0.05) is 43.7 Å². The molecular weight excluding hydrogens is 404 g/mol. The van der Waals surface area contributed by atoms with Crippen molar-refractivity contribution < 1.29 is 16.8 Å². The molecule has 0 aliphatic heterocycles. The molecule has 0 spiro atoms. The molecule has 0 unspecified atom stereocenters. The molecule has 0 bridgehead atoms. The van der Waals surface area contributed by atoms with E-state index in [1.165, 1.54) is 31.2 Å². The summed E-state index contributed by atoms with van der Waals surface area (Å²) in [5.74, 6) is 0.101. The van der Waals surface area contributed by atoms with Gasteiger partial charge in [-0.15, -0.1) is 0 Å². The summed E-state index contributed by atoms with van der Waals surface area (Å²) >= 11 is 6.65. The van der Waals surface area contributed by atoms with Crippen LogP contribution in [0.25, 0.3) is 0 Å². The molecule has 1 heterocycles. The number of thiazole rings is 1. The minimum atomic E-state index is -3.97. The number of hydrogen-bond acceptors (Lipinski definition) is 7. The average Bonchev–Trinajstić information content (AvgIpc) is 2.99. The van der Waals surface area contributed by atoms with Gasteiger partial charge in [0.25, 0.3) is 0 Å². The first-order valence-corrected chi connectivity index (χ1v) is 11.9. The number of anilines is 1. The van der Waals surface area contributed by atoms with E-state index in [2.05, 4.69) is 10.3 Å². The Balaban J connectivity index is 2.59. The zero-order valence-corrected chi connectivity index (χ0v) is 17.2. The van der Waals surface area contributed by atoms with Crippen molar-refractivity contribution in [2.24, 2.45) is 5.92 Å². The maximum absolute atomic E-state index is 12.9. The molecule has 10 heteroatoms. The Bertz CT molecular complexity index is 949. The molecule has 6 nitrogen and oxygen atoms in total. The predicted molar refractivity (Wildman–Crippen MR) is 100 cm³/mol. The lowest BCUT2D eigenvalue weighted by Crippen LogP contribution is -2.11. The van der Waals surface area contributed by atoms with Gasteiger partial charge in [-0.05, 0) is 30.2 Å². The number of hydrogen-bond donors (Lipinski definition) is 1. The summed E-state index contributed by atoms with van der Waals surface area (Å²) in [7, 11) is -7.57. The first kappa shape index (κ1) is 20.2. The smallest absolute Gasteiger partial charge is 0.226 e. The Morgan fingerprint density at radius 1 is 1.16 bits per heavy atom. The topological polar surface area (TPSA) is 93.2 Å². The maximum atomic E-state index is 12.9. The summed E-state index contributed by atoms with van der Waals surface area (Å²) in [6.45, 7) is 5.92. The minimum absolute atomic E-state index is 0.00948. The highest BCUT2D eigenvalue weighted by molar-refractivity contribution is 7.94. The van der Waals surface area contributed by atoms with E-state index in [9.17, 15) is 16.8 Å². The molecule has 1 N–H and O–H groups in total. The molecular formula is C15H19ClN2O4S3. The fourth-order valence-electron chi connectivity index (χ4n) is 1.86. The fraction of sp³-hybridized carbons (Fsp3) is 0.400.